The Morgan fingerprint density at radius 3 is 2.35 bits per heavy atom. The number of rotatable bonds is 4. The Bertz CT molecular complexity index is 882. The van der Waals surface area contributed by atoms with Crippen molar-refractivity contribution in [2.24, 2.45) is 0 Å². The maximum Gasteiger partial charge on any atom is 0.304 e. The summed E-state index contributed by atoms with van der Waals surface area (Å²) >= 11 is 0. The van der Waals surface area contributed by atoms with Gasteiger partial charge in [0.05, 0.1) is 18.9 Å². The first kappa shape index (κ1) is 14.2. The summed E-state index contributed by atoms with van der Waals surface area (Å²) in [5.41, 5.74) is 1.99. The molecule has 2 aromatic heterocycles. The van der Waals surface area contributed by atoms with Crippen LogP contribution in [0.5, 0.6) is 5.75 Å². The summed E-state index contributed by atoms with van der Waals surface area (Å²) in [6.45, 7) is 3.76. The predicted molar refractivity (Wildman–Crippen MR) is 85.2 cm³/mol. The third kappa shape index (κ3) is 1.96. The number of fused-ring (bicyclic) bond motifs is 2. The lowest BCUT2D eigenvalue weighted by atomic mass is 9.88. The normalized spacial score (nSPS) is 16.1. The minimum absolute atomic E-state index is 0.105. The Labute approximate surface area is 132 Å². The number of methoxy groups -OCH3 is 1. The first-order valence-corrected chi connectivity index (χ1v) is 7.68. The van der Waals surface area contributed by atoms with Crippen LogP contribution in [0.2, 0.25) is 0 Å². The molecular formula is C18H18O5. The lowest BCUT2D eigenvalue weighted by molar-refractivity contribution is -0.137. The monoisotopic (exact) mass is 314 g/mol. The molecule has 0 saturated heterocycles. The lowest BCUT2D eigenvalue weighted by Crippen LogP contribution is -2.13. The Morgan fingerprint density at radius 1 is 1.17 bits per heavy atom. The van der Waals surface area contributed by atoms with Crippen molar-refractivity contribution in [3.8, 4) is 5.75 Å². The van der Waals surface area contributed by atoms with Crippen LogP contribution in [-0.2, 0) is 10.2 Å². The van der Waals surface area contributed by atoms with Gasteiger partial charge in [0.2, 0.25) is 0 Å². The molecule has 5 nitrogen and oxygen atoms in total. The highest BCUT2D eigenvalue weighted by atomic mass is 16.5. The van der Waals surface area contributed by atoms with Crippen LogP contribution in [0.3, 0.4) is 0 Å². The van der Waals surface area contributed by atoms with Gasteiger partial charge in [0.25, 0.3) is 0 Å². The molecule has 5 heteroatoms. The van der Waals surface area contributed by atoms with Gasteiger partial charge in [-0.2, -0.15) is 0 Å². The SMILES string of the molecule is COc1c2cc(C)oc2c(C2(CC(=O)O)CC2)c2cc(C)oc12. The average Bonchev–Trinajstić information content (AvgIpc) is 2.95. The van der Waals surface area contributed by atoms with Gasteiger partial charge in [-0.3, -0.25) is 4.79 Å². The zero-order chi connectivity index (χ0) is 16.4. The summed E-state index contributed by atoms with van der Waals surface area (Å²) in [5, 5.41) is 11.1. The summed E-state index contributed by atoms with van der Waals surface area (Å²) in [4.78, 5) is 11.4. The quantitative estimate of drug-likeness (QED) is 0.776. The number of benzene rings is 1. The number of aliphatic carboxylic acids is 1. The van der Waals surface area contributed by atoms with Crippen molar-refractivity contribution < 1.29 is 23.5 Å². The molecule has 3 aromatic rings. The Balaban J connectivity index is 2.14. The molecule has 0 spiro atoms. The molecule has 120 valence electrons. The van der Waals surface area contributed by atoms with Gasteiger partial charge >= 0.3 is 5.97 Å². The van der Waals surface area contributed by atoms with E-state index in [0.717, 1.165) is 46.3 Å². The van der Waals surface area contributed by atoms with Crippen LogP contribution in [0.15, 0.2) is 21.0 Å². The molecule has 0 atom stereocenters. The van der Waals surface area contributed by atoms with Crippen molar-refractivity contribution in [1.82, 2.24) is 0 Å². The third-order valence-electron chi connectivity index (χ3n) is 4.74. The Kier molecular flexibility index (Phi) is 2.80. The molecule has 0 amide bonds. The van der Waals surface area contributed by atoms with E-state index in [2.05, 4.69) is 0 Å². The van der Waals surface area contributed by atoms with Crippen LogP contribution in [0.1, 0.15) is 36.3 Å². The van der Waals surface area contributed by atoms with Gasteiger partial charge in [0.1, 0.15) is 17.1 Å². The van der Waals surface area contributed by atoms with E-state index in [0.29, 0.717) is 11.3 Å². The first-order valence-electron chi connectivity index (χ1n) is 7.68. The number of hydrogen-bond donors (Lipinski definition) is 1. The van der Waals surface area contributed by atoms with Crippen LogP contribution >= 0.6 is 0 Å². The fraction of sp³-hybridized carbons (Fsp3) is 0.389. The van der Waals surface area contributed by atoms with E-state index in [9.17, 15) is 9.90 Å². The second kappa shape index (κ2) is 4.54. The minimum atomic E-state index is -0.789. The molecule has 1 N–H and O–H groups in total. The molecule has 0 unspecified atom stereocenters. The number of carboxylic acids is 1. The fourth-order valence-corrected chi connectivity index (χ4v) is 3.67. The van der Waals surface area contributed by atoms with Crippen LogP contribution in [-0.4, -0.2) is 18.2 Å². The number of ether oxygens (including phenoxy) is 1. The predicted octanol–water partition coefficient (Wildman–Crippen LogP) is 4.31. The molecule has 23 heavy (non-hydrogen) atoms. The van der Waals surface area contributed by atoms with Crippen LogP contribution in [0.25, 0.3) is 21.9 Å². The van der Waals surface area contributed by atoms with Crippen molar-refractivity contribution in [2.45, 2.75) is 38.5 Å². The molecule has 0 bridgehead atoms. The number of furan rings is 2. The van der Waals surface area contributed by atoms with E-state index < -0.39 is 5.97 Å². The largest absolute Gasteiger partial charge is 0.492 e. The van der Waals surface area contributed by atoms with Crippen molar-refractivity contribution in [1.29, 1.82) is 0 Å². The highest BCUT2D eigenvalue weighted by Crippen LogP contribution is 2.57. The zero-order valence-corrected chi connectivity index (χ0v) is 13.4. The summed E-state index contributed by atoms with van der Waals surface area (Å²) in [6.07, 6.45) is 1.80. The standard InChI is InChI=1S/C18H18O5/c1-9-6-11-14(18(4-5-18)8-13(19)20)15-12(7-10(2)22-15)16(21-3)17(11)23-9/h6-7H,4-5,8H2,1-3H3,(H,19,20). The lowest BCUT2D eigenvalue weighted by Gasteiger charge is -2.16. The third-order valence-corrected chi connectivity index (χ3v) is 4.74. The smallest absolute Gasteiger partial charge is 0.304 e. The molecule has 2 heterocycles. The van der Waals surface area contributed by atoms with E-state index >= 15 is 0 Å². The Morgan fingerprint density at radius 2 is 1.78 bits per heavy atom. The van der Waals surface area contributed by atoms with Gasteiger partial charge in [-0.15, -0.1) is 0 Å². The average molecular weight is 314 g/mol. The van der Waals surface area contributed by atoms with Crippen molar-refractivity contribution in [3.05, 3.63) is 29.2 Å². The van der Waals surface area contributed by atoms with E-state index in [1.54, 1.807) is 7.11 Å². The number of carbonyl (C=O) groups is 1. The van der Waals surface area contributed by atoms with Gasteiger partial charge in [-0.1, -0.05) is 0 Å². The van der Waals surface area contributed by atoms with Crippen LogP contribution in [0.4, 0.5) is 0 Å². The summed E-state index contributed by atoms with van der Waals surface area (Å²) in [7, 11) is 1.61. The molecule has 1 aliphatic carbocycles. The molecule has 1 fully saturated rings. The van der Waals surface area contributed by atoms with Gasteiger partial charge in [-0.25, -0.2) is 0 Å². The molecule has 4 rings (SSSR count). The second-order valence-corrected chi connectivity index (χ2v) is 6.46. The van der Waals surface area contributed by atoms with Gasteiger partial charge < -0.3 is 18.7 Å². The molecule has 0 aliphatic heterocycles. The van der Waals surface area contributed by atoms with Crippen LogP contribution in [0, 0.1) is 13.8 Å². The number of aryl methyl sites for hydroxylation is 2. The van der Waals surface area contributed by atoms with Crippen molar-refractivity contribution >= 4 is 27.9 Å². The van der Waals surface area contributed by atoms with Gasteiger partial charge in [-0.05, 0) is 38.8 Å². The zero-order valence-electron chi connectivity index (χ0n) is 13.4. The number of carboxylic acid groups (broad SMARTS) is 1. The van der Waals surface area contributed by atoms with Crippen molar-refractivity contribution in [2.75, 3.05) is 7.11 Å². The van der Waals surface area contributed by atoms with Gasteiger partial charge in [0.15, 0.2) is 11.3 Å². The molecular weight excluding hydrogens is 296 g/mol. The van der Waals surface area contributed by atoms with E-state index in [1.807, 2.05) is 26.0 Å². The summed E-state index contributed by atoms with van der Waals surface area (Å²) in [6, 6.07) is 3.87. The Hall–Kier alpha value is -2.43. The molecule has 1 aliphatic rings. The van der Waals surface area contributed by atoms with E-state index in [-0.39, 0.29) is 11.8 Å². The van der Waals surface area contributed by atoms with Crippen LogP contribution < -0.4 is 4.74 Å². The molecule has 1 aromatic carbocycles. The number of hydrogen-bond acceptors (Lipinski definition) is 4. The first-order chi connectivity index (χ1) is 10.9. The van der Waals surface area contributed by atoms with E-state index in [4.69, 9.17) is 13.6 Å². The maximum atomic E-state index is 11.4. The van der Waals surface area contributed by atoms with Gasteiger partial charge in [0, 0.05) is 16.4 Å². The minimum Gasteiger partial charge on any atom is -0.492 e. The highest BCUT2D eigenvalue weighted by Gasteiger charge is 2.49. The topological polar surface area (TPSA) is 72.8 Å². The summed E-state index contributed by atoms with van der Waals surface area (Å²) < 4.78 is 17.4. The summed E-state index contributed by atoms with van der Waals surface area (Å²) in [5.74, 6) is 1.41. The fourth-order valence-electron chi connectivity index (χ4n) is 3.67. The molecule has 0 radical (unpaired) electrons. The maximum absolute atomic E-state index is 11.4. The second-order valence-electron chi connectivity index (χ2n) is 6.46. The highest BCUT2D eigenvalue weighted by molar-refractivity contribution is 6.06. The van der Waals surface area contributed by atoms with Crippen molar-refractivity contribution in [3.63, 3.8) is 0 Å². The molecule has 1 saturated carbocycles. The van der Waals surface area contributed by atoms with E-state index in [1.165, 1.54) is 0 Å².